The predicted octanol–water partition coefficient (Wildman–Crippen LogP) is 4.41. The van der Waals surface area contributed by atoms with E-state index in [1.807, 2.05) is 0 Å². The van der Waals surface area contributed by atoms with Gasteiger partial charge in [0.1, 0.15) is 16.7 Å². The minimum Gasteiger partial charge on any atom is -0.490 e. The van der Waals surface area contributed by atoms with Crippen molar-refractivity contribution in [3.05, 3.63) is 58.6 Å². The van der Waals surface area contributed by atoms with E-state index >= 15 is 4.39 Å². The van der Waals surface area contributed by atoms with Crippen LogP contribution in [0.1, 0.15) is 31.7 Å². The molecule has 0 bridgehead atoms. The summed E-state index contributed by atoms with van der Waals surface area (Å²) in [6, 6.07) is 7.42. The molecule has 2 aliphatic rings. The first-order chi connectivity index (χ1) is 14.2. The van der Waals surface area contributed by atoms with Gasteiger partial charge < -0.3 is 9.47 Å². The number of hydrogen-bond donors (Lipinski definition) is 0. The first-order valence-electron chi connectivity index (χ1n) is 9.45. The molecule has 160 valence electrons. The highest BCUT2D eigenvalue weighted by molar-refractivity contribution is 7.92. The van der Waals surface area contributed by atoms with Crippen molar-refractivity contribution in [2.45, 2.75) is 41.9 Å². The van der Waals surface area contributed by atoms with Crippen molar-refractivity contribution in [3.8, 4) is 5.75 Å². The molecular weight excluding hydrogens is 438 g/mol. The second-order valence-electron chi connectivity index (χ2n) is 7.59. The third kappa shape index (κ3) is 3.17. The van der Waals surface area contributed by atoms with Crippen LogP contribution in [-0.2, 0) is 24.1 Å². The maximum absolute atomic E-state index is 15.1. The lowest BCUT2D eigenvalue weighted by Crippen LogP contribution is -2.53. The number of halogens is 3. The number of fused-ring (bicyclic) bond motifs is 3. The summed E-state index contributed by atoms with van der Waals surface area (Å²) in [4.78, 5) is 11.4. The normalized spacial score (nSPS) is 25.6. The van der Waals surface area contributed by atoms with Gasteiger partial charge >= 0.3 is 5.97 Å². The van der Waals surface area contributed by atoms with Crippen LogP contribution < -0.4 is 4.74 Å². The fourth-order valence-electron chi connectivity index (χ4n) is 4.64. The van der Waals surface area contributed by atoms with Gasteiger partial charge in [-0.2, -0.15) is 0 Å². The van der Waals surface area contributed by atoms with Crippen LogP contribution >= 0.6 is 11.6 Å². The van der Waals surface area contributed by atoms with E-state index in [0.29, 0.717) is 5.02 Å². The largest absolute Gasteiger partial charge is 0.490 e. The van der Waals surface area contributed by atoms with Gasteiger partial charge in [-0.25, -0.2) is 17.2 Å². The van der Waals surface area contributed by atoms with E-state index in [2.05, 4.69) is 0 Å². The number of sulfone groups is 1. The van der Waals surface area contributed by atoms with Gasteiger partial charge in [0.15, 0.2) is 21.4 Å². The third-order valence-corrected chi connectivity index (χ3v) is 8.74. The molecule has 1 saturated carbocycles. The molecule has 2 aromatic carbocycles. The van der Waals surface area contributed by atoms with Gasteiger partial charge in [0.25, 0.3) is 0 Å². The fourth-order valence-corrected chi connectivity index (χ4v) is 7.13. The van der Waals surface area contributed by atoms with Crippen LogP contribution in [0.4, 0.5) is 8.78 Å². The number of carbonyl (C=O) groups is 1. The molecule has 0 amide bonds. The number of esters is 1. The Kier molecular flexibility index (Phi) is 5.26. The second kappa shape index (κ2) is 7.50. The van der Waals surface area contributed by atoms with E-state index in [9.17, 15) is 17.6 Å². The zero-order chi connectivity index (χ0) is 21.7. The van der Waals surface area contributed by atoms with Crippen molar-refractivity contribution in [1.82, 2.24) is 0 Å². The minimum atomic E-state index is -4.19. The van der Waals surface area contributed by atoms with Gasteiger partial charge in [0.05, 0.1) is 17.1 Å². The Hall–Kier alpha value is -2.19. The van der Waals surface area contributed by atoms with Crippen LogP contribution in [0.25, 0.3) is 0 Å². The molecule has 30 heavy (non-hydrogen) atoms. The summed E-state index contributed by atoms with van der Waals surface area (Å²) in [6.45, 7) is 1.13. The molecule has 1 heterocycles. The highest BCUT2D eigenvalue weighted by atomic mass is 35.5. The van der Waals surface area contributed by atoms with Crippen LogP contribution in [0.3, 0.4) is 0 Å². The zero-order valence-electron chi connectivity index (χ0n) is 16.0. The maximum atomic E-state index is 15.1. The van der Waals surface area contributed by atoms with E-state index < -0.39 is 44.2 Å². The quantitative estimate of drug-likeness (QED) is 0.640. The van der Waals surface area contributed by atoms with E-state index in [1.54, 1.807) is 0 Å². The van der Waals surface area contributed by atoms with Gasteiger partial charge in [-0.1, -0.05) is 11.6 Å². The average molecular weight is 457 g/mol. The lowest BCUT2D eigenvalue weighted by Gasteiger charge is -2.48. The van der Waals surface area contributed by atoms with Crippen LogP contribution in [-0.4, -0.2) is 27.1 Å². The molecular formula is C21H19ClF2O5S. The molecule has 2 aromatic rings. The summed E-state index contributed by atoms with van der Waals surface area (Å²) in [7, 11) is -4.19. The van der Waals surface area contributed by atoms with Crippen molar-refractivity contribution in [2.24, 2.45) is 5.92 Å². The van der Waals surface area contributed by atoms with Crippen molar-refractivity contribution >= 4 is 27.4 Å². The molecule has 1 aliphatic heterocycles. The summed E-state index contributed by atoms with van der Waals surface area (Å²) >= 11 is 5.90. The van der Waals surface area contributed by atoms with Gasteiger partial charge in [-0.3, -0.25) is 4.79 Å². The maximum Gasteiger partial charge on any atom is 0.302 e. The van der Waals surface area contributed by atoms with Crippen molar-refractivity contribution in [2.75, 3.05) is 6.61 Å². The molecule has 1 fully saturated rings. The highest BCUT2D eigenvalue weighted by Gasteiger charge is 2.60. The molecule has 0 spiro atoms. The number of hydrogen-bond acceptors (Lipinski definition) is 5. The number of ether oxygens (including phenoxy) is 2. The Morgan fingerprint density at radius 3 is 2.50 bits per heavy atom. The van der Waals surface area contributed by atoms with Crippen LogP contribution in [0.15, 0.2) is 41.3 Å². The Balaban J connectivity index is 1.93. The van der Waals surface area contributed by atoms with E-state index in [1.165, 1.54) is 31.2 Å². The first-order valence-corrected chi connectivity index (χ1v) is 11.3. The number of rotatable bonds is 3. The lowest BCUT2D eigenvalue weighted by atomic mass is 9.72. The minimum absolute atomic E-state index is 0.0423. The molecule has 0 N–H and O–H groups in total. The summed E-state index contributed by atoms with van der Waals surface area (Å²) in [6.07, 6.45) is -0.222. The fraction of sp³-hybridized carbons (Fsp3) is 0.381. The Morgan fingerprint density at radius 2 is 1.83 bits per heavy atom. The van der Waals surface area contributed by atoms with Crippen molar-refractivity contribution < 1.29 is 31.5 Å². The van der Waals surface area contributed by atoms with E-state index in [-0.39, 0.29) is 42.1 Å². The summed E-state index contributed by atoms with van der Waals surface area (Å²) in [5.41, 5.74) is -0.296. The van der Waals surface area contributed by atoms with Crippen molar-refractivity contribution in [3.63, 3.8) is 0 Å². The van der Waals surface area contributed by atoms with Gasteiger partial charge in [0, 0.05) is 17.9 Å². The smallest absolute Gasteiger partial charge is 0.302 e. The van der Waals surface area contributed by atoms with Crippen LogP contribution in [0.5, 0.6) is 5.75 Å². The summed E-state index contributed by atoms with van der Waals surface area (Å²) in [5, 5.41) is 0.353. The van der Waals surface area contributed by atoms with Crippen molar-refractivity contribution in [1.29, 1.82) is 0 Å². The molecule has 4 rings (SSSR count). The zero-order valence-corrected chi connectivity index (χ0v) is 17.6. The third-order valence-electron chi connectivity index (χ3n) is 5.89. The molecule has 5 nitrogen and oxygen atoms in total. The van der Waals surface area contributed by atoms with Crippen LogP contribution in [0.2, 0.25) is 5.02 Å². The van der Waals surface area contributed by atoms with E-state index in [0.717, 1.165) is 12.1 Å². The van der Waals surface area contributed by atoms with E-state index in [4.69, 9.17) is 21.1 Å². The predicted molar refractivity (Wildman–Crippen MR) is 105 cm³/mol. The molecule has 0 aromatic heterocycles. The lowest BCUT2D eigenvalue weighted by molar-refractivity contribution is -0.149. The molecule has 3 atom stereocenters. The van der Waals surface area contributed by atoms with Gasteiger partial charge in [-0.15, -0.1) is 0 Å². The Morgan fingerprint density at radius 1 is 1.17 bits per heavy atom. The first kappa shape index (κ1) is 21.1. The Bertz CT molecular complexity index is 1100. The van der Waals surface area contributed by atoms with Crippen LogP contribution in [0, 0.1) is 17.6 Å². The Labute approximate surface area is 177 Å². The molecule has 0 radical (unpaired) electrons. The molecule has 0 saturated heterocycles. The second-order valence-corrected chi connectivity index (χ2v) is 10.2. The van der Waals surface area contributed by atoms with Gasteiger partial charge in [-0.05, 0) is 55.7 Å². The molecule has 9 heteroatoms. The molecule has 3 unspecified atom stereocenters. The monoisotopic (exact) mass is 456 g/mol. The number of benzene rings is 2. The SMILES string of the molecule is CC(=O)OC1CCC2(S(=O)(=O)c3ccc(Cl)cc3)c3c(F)ccc(F)c3OCC2C1. The topological polar surface area (TPSA) is 69.7 Å². The highest BCUT2D eigenvalue weighted by Crippen LogP contribution is 2.56. The summed E-state index contributed by atoms with van der Waals surface area (Å²) < 4.78 is 66.4. The number of carbonyl (C=O) groups excluding carboxylic acids is 1. The summed E-state index contributed by atoms with van der Waals surface area (Å²) in [5.74, 6) is -3.27. The standard InChI is InChI=1S/C21H19ClF2O5S/c1-12(25)29-15-8-9-21(30(26,27)16-4-2-14(22)3-5-16)13(10-15)11-28-20-18(24)7-6-17(23)19(20)21/h2-7,13,15H,8-11H2,1H3. The van der Waals surface area contributed by atoms with Gasteiger partial charge in [0.2, 0.25) is 0 Å². The molecule has 1 aliphatic carbocycles. The average Bonchev–Trinajstić information content (AvgIpc) is 2.70.